The molecule has 0 saturated heterocycles. The highest BCUT2D eigenvalue weighted by atomic mass is 32.2. The van der Waals surface area contributed by atoms with Crippen molar-refractivity contribution in [2.75, 3.05) is 0 Å². The van der Waals surface area contributed by atoms with Crippen molar-refractivity contribution in [2.45, 2.75) is 39.0 Å². The number of nitrogens with two attached hydrogens (primary N) is 1. The fourth-order valence-corrected chi connectivity index (χ4v) is 2.36. The summed E-state index contributed by atoms with van der Waals surface area (Å²) in [5.74, 6) is -4.53. The van der Waals surface area contributed by atoms with Crippen molar-refractivity contribution >= 4 is 27.2 Å². The van der Waals surface area contributed by atoms with Gasteiger partial charge < -0.3 is 15.2 Å². The van der Waals surface area contributed by atoms with Crippen molar-refractivity contribution in [2.24, 2.45) is 11.7 Å². The lowest BCUT2D eigenvalue weighted by atomic mass is 10.0. The molecule has 0 radical (unpaired) electrons. The predicted octanol–water partition coefficient (Wildman–Crippen LogP) is 0.429. The summed E-state index contributed by atoms with van der Waals surface area (Å²) in [6.45, 7) is 4.29. The first-order valence-electron chi connectivity index (χ1n) is 7.53. The Morgan fingerprint density at radius 2 is 1.65 bits per heavy atom. The van der Waals surface area contributed by atoms with Crippen LogP contribution in [0.1, 0.15) is 26.3 Å². The van der Waals surface area contributed by atoms with E-state index in [1.54, 1.807) is 30.3 Å². The highest BCUT2D eigenvalue weighted by Crippen LogP contribution is 2.17. The average Bonchev–Trinajstić information content (AvgIpc) is 2.50. The van der Waals surface area contributed by atoms with E-state index >= 15 is 0 Å². The molecule has 0 aliphatic heterocycles. The Balaban J connectivity index is 3.04. The van der Waals surface area contributed by atoms with Crippen LogP contribution in [0.15, 0.2) is 30.3 Å². The Labute approximate surface area is 151 Å². The van der Waals surface area contributed by atoms with Gasteiger partial charge in [0.1, 0.15) is 18.2 Å². The van der Waals surface area contributed by atoms with Gasteiger partial charge in [0, 0.05) is 0 Å². The van der Waals surface area contributed by atoms with Crippen LogP contribution in [0.5, 0.6) is 0 Å². The third-order valence-corrected chi connectivity index (χ3v) is 3.80. The van der Waals surface area contributed by atoms with Crippen LogP contribution < -0.4 is 5.73 Å². The topological polar surface area (TPSA) is 150 Å². The van der Waals surface area contributed by atoms with Gasteiger partial charge in [-0.3, -0.25) is 18.9 Å². The Bertz CT molecular complexity index is 767. The van der Waals surface area contributed by atoms with Gasteiger partial charge >= 0.3 is 22.1 Å². The number of hydrogen-bond donors (Lipinski definition) is 2. The summed E-state index contributed by atoms with van der Waals surface area (Å²) in [4.78, 5) is 36.2. The molecular weight excluding hydrogens is 366 g/mol. The van der Waals surface area contributed by atoms with Gasteiger partial charge in [0.05, 0.1) is 0 Å². The van der Waals surface area contributed by atoms with E-state index in [-0.39, 0.29) is 6.61 Å². The molecule has 0 aliphatic carbocycles. The second-order valence-electron chi connectivity index (χ2n) is 6.42. The van der Waals surface area contributed by atoms with Crippen LogP contribution in [0.25, 0.3) is 0 Å². The Morgan fingerprint density at radius 1 is 1.12 bits per heavy atom. The van der Waals surface area contributed by atoms with Gasteiger partial charge in [0.25, 0.3) is 5.12 Å². The number of rotatable bonds is 6. The van der Waals surface area contributed by atoms with Gasteiger partial charge in [-0.15, -0.1) is 0 Å². The van der Waals surface area contributed by atoms with E-state index in [0.29, 0.717) is 5.56 Å². The first-order chi connectivity index (χ1) is 11.8. The summed E-state index contributed by atoms with van der Waals surface area (Å²) >= 11 is 0. The first kappa shape index (κ1) is 21.7. The standard InChI is InChI=1S/C16H21NO8S/c1-16(2,3)25-14(19)11(12(17)15(20)26(21,22)23)13(18)24-9-10-7-5-4-6-8-10/h4-8,11-12H,9,17H2,1-3H3,(H,21,22,23). The molecule has 1 rings (SSSR count). The van der Waals surface area contributed by atoms with Crippen LogP contribution in [0.3, 0.4) is 0 Å². The quantitative estimate of drug-likeness (QED) is 0.402. The van der Waals surface area contributed by atoms with E-state index in [2.05, 4.69) is 0 Å². The maximum absolute atomic E-state index is 12.3. The van der Waals surface area contributed by atoms with Crippen molar-refractivity contribution in [1.82, 2.24) is 0 Å². The maximum Gasteiger partial charge on any atom is 0.330 e. The summed E-state index contributed by atoms with van der Waals surface area (Å²) in [6.07, 6.45) is 0. The molecule has 10 heteroatoms. The molecule has 0 saturated carbocycles. The molecule has 0 bridgehead atoms. The third-order valence-electron chi connectivity index (χ3n) is 3.02. The van der Waals surface area contributed by atoms with Crippen LogP contribution in [0.2, 0.25) is 0 Å². The summed E-state index contributed by atoms with van der Waals surface area (Å²) in [6, 6.07) is 6.26. The molecule has 0 aliphatic rings. The van der Waals surface area contributed by atoms with Crippen LogP contribution >= 0.6 is 0 Å². The Morgan fingerprint density at radius 3 is 2.12 bits per heavy atom. The molecule has 0 heterocycles. The highest BCUT2D eigenvalue weighted by molar-refractivity contribution is 8.01. The molecule has 3 N–H and O–H groups in total. The number of esters is 2. The SMILES string of the molecule is CC(C)(C)OC(=O)C(C(=O)OCc1ccccc1)C(N)C(=O)S(=O)(=O)O. The fourth-order valence-electron chi connectivity index (χ4n) is 1.88. The summed E-state index contributed by atoms with van der Waals surface area (Å²) in [5.41, 5.74) is 5.01. The lowest BCUT2D eigenvalue weighted by Crippen LogP contribution is -2.50. The van der Waals surface area contributed by atoms with Gasteiger partial charge in [-0.2, -0.15) is 8.42 Å². The second-order valence-corrected chi connectivity index (χ2v) is 7.78. The van der Waals surface area contributed by atoms with Crippen LogP contribution in [-0.4, -0.2) is 41.7 Å². The van der Waals surface area contributed by atoms with E-state index < -0.39 is 44.7 Å². The minimum absolute atomic E-state index is 0.230. The zero-order valence-corrected chi connectivity index (χ0v) is 15.4. The molecule has 0 amide bonds. The molecule has 0 fully saturated rings. The third kappa shape index (κ3) is 6.54. The monoisotopic (exact) mass is 387 g/mol. The summed E-state index contributed by atoms with van der Waals surface area (Å²) in [7, 11) is -5.20. The van der Waals surface area contributed by atoms with Crippen LogP contribution in [-0.2, 0) is 40.6 Å². The average molecular weight is 387 g/mol. The number of hydrogen-bond acceptors (Lipinski definition) is 8. The molecule has 2 unspecified atom stereocenters. The van der Waals surface area contributed by atoms with E-state index in [4.69, 9.17) is 19.8 Å². The molecule has 0 aromatic heterocycles. The van der Waals surface area contributed by atoms with E-state index in [1.807, 2.05) is 0 Å². The predicted molar refractivity (Wildman–Crippen MR) is 90.1 cm³/mol. The number of benzene rings is 1. The molecule has 144 valence electrons. The fraction of sp³-hybridized carbons (Fsp3) is 0.438. The van der Waals surface area contributed by atoms with Gasteiger partial charge in [-0.1, -0.05) is 30.3 Å². The van der Waals surface area contributed by atoms with Crippen LogP contribution in [0.4, 0.5) is 0 Å². The van der Waals surface area contributed by atoms with Gasteiger partial charge in [0.2, 0.25) is 0 Å². The molecule has 2 atom stereocenters. The van der Waals surface area contributed by atoms with Gasteiger partial charge in [-0.05, 0) is 26.3 Å². The lowest BCUT2D eigenvalue weighted by molar-refractivity contribution is -0.171. The normalized spacial score (nSPS) is 14.2. The second kappa shape index (κ2) is 8.39. The molecule has 26 heavy (non-hydrogen) atoms. The van der Waals surface area contributed by atoms with Crippen molar-refractivity contribution < 1.29 is 36.8 Å². The maximum atomic E-state index is 12.3. The highest BCUT2D eigenvalue weighted by Gasteiger charge is 2.44. The lowest BCUT2D eigenvalue weighted by Gasteiger charge is -2.25. The molecular formula is C16H21NO8S. The minimum Gasteiger partial charge on any atom is -0.460 e. The van der Waals surface area contributed by atoms with Crippen molar-refractivity contribution in [1.29, 1.82) is 0 Å². The summed E-state index contributed by atoms with van der Waals surface area (Å²) < 4.78 is 40.8. The minimum atomic E-state index is -5.20. The number of ether oxygens (including phenoxy) is 2. The van der Waals surface area contributed by atoms with E-state index in [9.17, 15) is 22.8 Å². The zero-order valence-electron chi connectivity index (χ0n) is 14.5. The van der Waals surface area contributed by atoms with E-state index in [1.165, 1.54) is 20.8 Å². The van der Waals surface area contributed by atoms with Crippen LogP contribution in [0, 0.1) is 5.92 Å². The molecule has 0 spiro atoms. The van der Waals surface area contributed by atoms with Crippen molar-refractivity contribution in [3.63, 3.8) is 0 Å². The van der Waals surface area contributed by atoms with Gasteiger partial charge in [0.15, 0.2) is 5.92 Å². The Kier molecular flexibility index (Phi) is 7.01. The summed E-state index contributed by atoms with van der Waals surface area (Å²) in [5, 5.41) is -1.88. The largest absolute Gasteiger partial charge is 0.460 e. The van der Waals surface area contributed by atoms with Crippen molar-refractivity contribution in [3.05, 3.63) is 35.9 Å². The number of carbonyl (C=O) groups excluding carboxylic acids is 3. The van der Waals surface area contributed by atoms with E-state index in [0.717, 1.165) is 0 Å². The first-order valence-corrected chi connectivity index (χ1v) is 8.97. The molecule has 9 nitrogen and oxygen atoms in total. The van der Waals surface area contributed by atoms with Gasteiger partial charge in [-0.25, -0.2) is 0 Å². The number of carbonyl (C=O) groups is 3. The van der Waals surface area contributed by atoms with Crippen molar-refractivity contribution in [3.8, 4) is 0 Å². The zero-order chi connectivity index (χ0) is 20.1. The smallest absolute Gasteiger partial charge is 0.330 e. The Hall–Kier alpha value is -2.30. The molecule has 1 aromatic rings. The molecule has 1 aromatic carbocycles.